The van der Waals surface area contributed by atoms with Crippen molar-refractivity contribution in [2.45, 2.75) is 13.0 Å². The van der Waals surface area contributed by atoms with Gasteiger partial charge in [0.05, 0.1) is 19.0 Å². The molecule has 1 amide bonds. The Morgan fingerprint density at radius 3 is 2.63 bits per heavy atom. The smallest absolute Gasteiger partial charge is 0.280 e. The van der Waals surface area contributed by atoms with Crippen molar-refractivity contribution < 1.29 is 27.8 Å². The van der Waals surface area contributed by atoms with Gasteiger partial charge in [-0.15, -0.1) is 0 Å². The molecule has 2 aromatic heterocycles. The van der Waals surface area contributed by atoms with Crippen molar-refractivity contribution in [3.05, 3.63) is 71.5 Å². The zero-order chi connectivity index (χ0) is 26.2. The quantitative estimate of drug-likeness (QED) is 0.379. The molecular weight excluding hydrogens is 496 g/mol. The molecule has 196 valence electrons. The number of amides is 1. The van der Waals surface area contributed by atoms with Crippen LogP contribution in [0.3, 0.4) is 0 Å². The van der Waals surface area contributed by atoms with Crippen LogP contribution < -0.4 is 14.2 Å². The van der Waals surface area contributed by atoms with Crippen molar-refractivity contribution in [1.29, 1.82) is 0 Å². The van der Waals surface area contributed by atoms with Gasteiger partial charge in [-0.05, 0) is 35.9 Å². The summed E-state index contributed by atoms with van der Waals surface area (Å²) < 4.78 is 45.3. The summed E-state index contributed by atoms with van der Waals surface area (Å²) in [5.41, 5.74) is 1.88. The number of halogens is 2. The molecule has 4 aromatic rings. The fourth-order valence-electron chi connectivity index (χ4n) is 4.86. The van der Waals surface area contributed by atoms with Crippen LogP contribution in [0.4, 0.5) is 8.78 Å². The number of piperazine rings is 1. The maximum absolute atomic E-state index is 14.0. The number of carbonyl (C=O) groups is 1. The number of hydrogen-bond donors (Lipinski definition) is 0. The first-order valence-electron chi connectivity index (χ1n) is 12.2. The molecule has 2 aromatic carbocycles. The normalized spacial score (nSPS) is 15.4. The summed E-state index contributed by atoms with van der Waals surface area (Å²) in [6, 6.07) is 14.2. The number of para-hydroxylation sites is 1. The molecule has 0 spiro atoms. The highest BCUT2D eigenvalue weighted by Gasteiger charge is 2.28. The molecule has 2 aliphatic rings. The Bertz CT molecular complexity index is 1500. The summed E-state index contributed by atoms with van der Waals surface area (Å²) in [7, 11) is 1.51. The molecule has 0 radical (unpaired) electrons. The number of fused-ring (bicyclic) bond motifs is 2. The predicted octanol–water partition coefficient (Wildman–Crippen LogP) is 4.03. The summed E-state index contributed by atoms with van der Waals surface area (Å²) in [5, 5.41) is 4.10. The average Bonchev–Trinajstić information content (AvgIpc) is 3.59. The van der Waals surface area contributed by atoms with E-state index in [1.807, 2.05) is 18.2 Å². The number of benzene rings is 2. The second-order valence-corrected chi connectivity index (χ2v) is 9.12. The first-order valence-corrected chi connectivity index (χ1v) is 12.2. The maximum Gasteiger partial charge on any atom is 0.280 e. The maximum atomic E-state index is 14.0. The van der Waals surface area contributed by atoms with Crippen LogP contribution in [0.5, 0.6) is 17.2 Å². The minimum atomic E-state index is -2.81. The zero-order valence-corrected chi connectivity index (χ0v) is 20.6. The fourth-order valence-corrected chi connectivity index (χ4v) is 4.86. The number of alkyl halides is 2. The lowest BCUT2D eigenvalue weighted by atomic mass is 10.1. The molecule has 4 heterocycles. The summed E-state index contributed by atoms with van der Waals surface area (Å²) in [4.78, 5) is 22.0. The zero-order valence-electron chi connectivity index (χ0n) is 20.6. The van der Waals surface area contributed by atoms with Gasteiger partial charge in [0.1, 0.15) is 17.0 Å². The van der Waals surface area contributed by atoms with Gasteiger partial charge in [-0.2, -0.15) is 5.10 Å². The molecule has 1 fully saturated rings. The number of rotatable bonds is 6. The van der Waals surface area contributed by atoms with Gasteiger partial charge in [0.15, 0.2) is 17.1 Å². The van der Waals surface area contributed by atoms with E-state index in [2.05, 4.69) is 15.0 Å². The molecule has 0 N–H and O–H groups in total. The third-order valence-electron chi connectivity index (χ3n) is 6.84. The molecule has 6 rings (SSSR count). The van der Waals surface area contributed by atoms with E-state index in [4.69, 9.17) is 14.2 Å². The Morgan fingerprint density at radius 1 is 1.05 bits per heavy atom. The predicted molar refractivity (Wildman–Crippen MR) is 134 cm³/mol. The highest BCUT2D eigenvalue weighted by Crippen LogP contribution is 2.34. The number of nitrogens with zero attached hydrogens (tertiary/aromatic N) is 5. The van der Waals surface area contributed by atoms with Crippen molar-refractivity contribution in [1.82, 2.24) is 24.4 Å². The van der Waals surface area contributed by atoms with Crippen LogP contribution in [0.25, 0.3) is 16.9 Å². The standard InChI is InChI=1S/C27H25F2N5O4/c1-36-22-5-3-2-4-18(22)20-13-21(25(28)29)34-26(31-20)19(14-30-34)27(35)33-10-8-32(9-11-33)15-17-6-7-23-24(12-17)38-16-37-23/h2-7,12-14,25H,8-11,15-16H2,1H3. The Balaban J connectivity index is 1.23. The number of ether oxygens (including phenoxy) is 3. The van der Waals surface area contributed by atoms with Gasteiger partial charge in [0.2, 0.25) is 6.79 Å². The van der Waals surface area contributed by atoms with Gasteiger partial charge in [-0.25, -0.2) is 18.3 Å². The van der Waals surface area contributed by atoms with Crippen LogP contribution in [-0.4, -0.2) is 70.4 Å². The SMILES string of the molecule is COc1ccccc1-c1cc(C(F)F)n2ncc(C(=O)N3CCN(Cc4ccc5c(c4)OCO5)CC3)c2n1. The number of hydrogen-bond acceptors (Lipinski definition) is 7. The minimum Gasteiger partial charge on any atom is -0.496 e. The molecule has 1 saturated heterocycles. The average molecular weight is 522 g/mol. The first-order chi connectivity index (χ1) is 18.5. The van der Waals surface area contributed by atoms with E-state index in [0.717, 1.165) is 28.1 Å². The van der Waals surface area contributed by atoms with Crippen LogP contribution in [0.2, 0.25) is 0 Å². The van der Waals surface area contributed by atoms with Crippen molar-refractivity contribution >= 4 is 11.6 Å². The lowest BCUT2D eigenvalue weighted by Crippen LogP contribution is -2.48. The van der Waals surface area contributed by atoms with E-state index < -0.39 is 6.43 Å². The van der Waals surface area contributed by atoms with Crippen molar-refractivity contribution in [3.8, 4) is 28.5 Å². The minimum absolute atomic E-state index is 0.0940. The summed E-state index contributed by atoms with van der Waals surface area (Å²) in [5.74, 6) is 1.70. The molecule has 11 heteroatoms. The van der Waals surface area contributed by atoms with E-state index in [1.54, 1.807) is 29.2 Å². The van der Waals surface area contributed by atoms with Crippen LogP contribution in [-0.2, 0) is 6.54 Å². The van der Waals surface area contributed by atoms with Crippen molar-refractivity contribution in [3.63, 3.8) is 0 Å². The third kappa shape index (κ3) is 4.38. The van der Waals surface area contributed by atoms with Crippen LogP contribution >= 0.6 is 0 Å². The van der Waals surface area contributed by atoms with Gasteiger partial charge >= 0.3 is 0 Å². The van der Waals surface area contributed by atoms with Crippen LogP contribution in [0.15, 0.2) is 54.7 Å². The molecule has 0 aliphatic carbocycles. The molecule has 0 unspecified atom stereocenters. The van der Waals surface area contributed by atoms with E-state index in [9.17, 15) is 13.6 Å². The Labute approximate surface area is 217 Å². The van der Waals surface area contributed by atoms with Crippen molar-refractivity contribution in [2.24, 2.45) is 0 Å². The highest BCUT2D eigenvalue weighted by molar-refractivity contribution is 6.00. The van der Waals surface area contributed by atoms with Crippen LogP contribution in [0, 0.1) is 0 Å². The Kier molecular flexibility index (Phi) is 6.28. The number of carbonyl (C=O) groups excluding carboxylic acids is 1. The third-order valence-corrected chi connectivity index (χ3v) is 6.84. The molecule has 2 aliphatic heterocycles. The lowest BCUT2D eigenvalue weighted by Gasteiger charge is -2.34. The topological polar surface area (TPSA) is 81.4 Å². The summed E-state index contributed by atoms with van der Waals surface area (Å²) in [6.45, 7) is 3.28. The fraction of sp³-hybridized carbons (Fsp3) is 0.296. The van der Waals surface area contributed by atoms with E-state index >= 15 is 0 Å². The summed E-state index contributed by atoms with van der Waals surface area (Å²) in [6.07, 6.45) is -1.49. The second kappa shape index (κ2) is 9.90. The number of methoxy groups -OCH3 is 1. The molecular formula is C27H25F2N5O4. The first kappa shape index (κ1) is 24.1. The largest absolute Gasteiger partial charge is 0.496 e. The molecule has 0 bridgehead atoms. The van der Waals surface area contributed by atoms with Crippen LogP contribution in [0.1, 0.15) is 28.0 Å². The monoisotopic (exact) mass is 521 g/mol. The van der Waals surface area contributed by atoms with Gasteiger partial charge in [-0.1, -0.05) is 18.2 Å². The molecule has 38 heavy (non-hydrogen) atoms. The van der Waals surface area contributed by atoms with Gasteiger partial charge in [-0.3, -0.25) is 9.69 Å². The Morgan fingerprint density at radius 2 is 1.84 bits per heavy atom. The van der Waals surface area contributed by atoms with E-state index in [-0.39, 0.29) is 35.3 Å². The van der Waals surface area contributed by atoms with E-state index in [1.165, 1.54) is 19.4 Å². The molecule has 9 nitrogen and oxygen atoms in total. The van der Waals surface area contributed by atoms with E-state index in [0.29, 0.717) is 37.5 Å². The molecule has 0 saturated carbocycles. The summed E-state index contributed by atoms with van der Waals surface area (Å²) >= 11 is 0. The van der Waals surface area contributed by atoms with Gasteiger partial charge in [0.25, 0.3) is 12.3 Å². The van der Waals surface area contributed by atoms with Crippen molar-refractivity contribution in [2.75, 3.05) is 40.1 Å². The van der Waals surface area contributed by atoms with Gasteiger partial charge in [0, 0.05) is 38.3 Å². The van der Waals surface area contributed by atoms with Gasteiger partial charge < -0.3 is 19.1 Å². The lowest BCUT2D eigenvalue weighted by molar-refractivity contribution is 0.0630. The number of aromatic nitrogens is 3. The Hall–Kier alpha value is -4.25. The second-order valence-electron chi connectivity index (χ2n) is 9.12. The highest BCUT2D eigenvalue weighted by atomic mass is 19.3. The molecule has 0 atom stereocenters.